The van der Waals surface area contributed by atoms with E-state index in [0.29, 0.717) is 11.6 Å². The van der Waals surface area contributed by atoms with Crippen LogP contribution in [0.1, 0.15) is 26.3 Å². The predicted octanol–water partition coefficient (Wildman–Crippen LogP) is 4.74. The largest absolute Gasteiger partial charge is 0.353 e. The maximum Gasteiger partial charge on any atom is 0.233 e. The minimum absolute atomic E-state index is 0.0151. The average molecular weight is 388 g/mol. The van der Waals surface area contributed by atoms with Crippen LogP contribution in [0.25, 0.3) is 11.0 Å². The molecular formula is C20H22ClN3OS. The van der Waals surface area contributed by atoms with Crippen molar-refractivity contribution in [1.82, 2.24) is 14.9 Å². The first-order valence-corrected chi connectivity index (χ1v) is 9.86. The molecule has 0 saturated heterocycles. The summed E-state index contributed by atoms with van der Waals surface area (Å²) in [5, 5.41) is 4.19. The predicted molar refractivity (Wildman–Crippen MR) is 109 cm³/mol. The Bertz CT molecular complexity index is 908. The van der Waals surface area contributed by atoms with E-state index in [0.717, 1.165) is 16.2 Å². The Morgan fingerprint density at radius 3 is 2.62 bits per heavy atom. The lowest BCUT2D eigenvalue weighted by molar-refractivity contribution is -0.120. The summed E-state index contributed by atoms with van der Waals surface area (Å²) in [5.41, 5.74) is 3.03. The van der Waals surface area contributed by atoms with Gasteiger partial charge >= 0.3 is 0 Å². The van der Waals surface area contributed by atoms with Crippen molar-refractivity contribution in [3.63, 3.8) is 0 Å². The Balaban J connectivity index is 1.95. The van der Waals surface area contributed by atoms with E-state index in [4.69, 9.17) is 16.6 Å². The normalized spacial score (nSPS) is 12.5. The van der Waals surface area contributed by atoms with E-state index in [-0.39, 0.29) is 17.2 Å². The summed E-state index contributed by atoms with van der Waals surface area (Å²) in [6, 6.07) is 16.1. The molecule has 3 aromatic rings. The monoisotopic (exact) mass is 387 g/mol. The van der Waals surface area contributed by atoms with Crippen LogP contribution < -0.4 is 5.32 Å². The Labute approximate surface area is 163 Å². The number of hydrogen-bond acceptors (Lipinski definition) is 3. The van der Waals surface area contributed by atoms with Gasteiger partial charge in [0, 0.05) is 11.1 Å². The van der Waals surface area contributed by atoms with E-state index in [2.05, 4.69) is 22.0 Å². The van der Waals surface area contributed by atoms with Gasteiger partial charge in [-0.05, 0) is 44.5 Å². The molecule has 0 radical (unpaired) electrons. The lowest BCUT2D eigenvalue weighted by Gasteiger charge is -2.15. The molecule has 136 valence electrons. The highest BCUT2D eigenvalue weighted by Crippen LogP contribution is 2.29. The van der Waals surface area contributed by atoms with Crippen molar-refractivity contribution in [3.8, 4) is 0 Å². The molecule has 0 bridgehead atoms. The third kappa shape index (κ3) is 4.40. The fourth-order valence-electron chi connectivity index (χ4n) is 2.70. The highest BCUT2D eigenvalue weighted by molar-refractivity contribution is 8.00. The molecule has 0 aliphatic rings. The minimum atomic E-state index is -0.237. The summed E-state index contributed by atoms with van der Waals surface area (Å²) in [6.45, 7) is 6.52. The first-order valence-electron chi connectivity index (χ1n) is 8.61. The topological polar surface area (TPSA) is 46.9 Å². The van der Waals surface area contributed by atoms with Gasteiger partial charge in [0.1, 0.15) is 0 Å². The summed E-state index contributed by atoms with van der Waals surface area (Å²) in [6.07, 6.45) is 0. The maximum atomic E-state index is 12.3. The van der Waals surface area contributed by atoms with Crippen molar-refractivity contribution in [2.45, 2.75) is 43.8 Å². The number of nitrogens with one attached hydrogen (secondary N) is 1. The number of rotatable bonds is 6. The first kappa shape index (κ1) is 18.8. The van der Waals surface area contributed by atoms with Crippen molar-refractivity contribution in [3.05, 3.63) is 59.1 Å². The van der Waals surface area contributed by atoms with Crippen LogP contribution in [0, 0.1) is 0 Å². The molecule has 2 aromatic carbocycles. The van der Waals surface area contributed by atoms with Crippen molar-refractivity contribution >= 4 is 40.3 Å². The van der Waals surface area contributed by atoms with E-state index in [1.165, 1.54) is 17.3 Å². The molecule has 3 rings (SSSR count). The van der Waals surface area contributed by atoms with Crippen LogP contribution in [0.5, 0.6) is 0 Å². The van der Waals surface area contributed by atoms with Gasteiger partial charge in [0.25, 0.3) is 0 Å². The van der Waals surface area contributed by atoms with Gasteiger partial charge in [-0.1, -0.05) is 53.7 Å². The zero-order valence-corrected chi connectivity index (χ0v) is 16.6. The van der Waals surface area contributed by atoms with Gasteiger partial charge < -0.3 is 9.88 Å². The number of nitrogens with zero attached hydrogens (tertiary/aromatic N) is 2. The van der Waals surface area contributed by atoms with Gasteiger partial charge in [-0.2, -0.15) is 0 Å². The number of thioether (sulfide) groups is 1. The number of fused-ring (bicyclic) bond motifs is 1. The highest BCUT2D eigenvalue weighted by Gasteiger charge is 2.20. The van der Waals surface area contributed by atoms with Gasteiger partial charge in [0.2, 0.25) is 5.91 Å². The van der Waals surface area contributed by atoms with Gasteiger partial charge in [0.15, 0.2) is 5.16 Å². The Morgan fingerprint density at radius 1 is 1.19 bits per heavy atom. The molecule has 1 heterocycles. The number of aromatic nitrogens is 2. The second-order valence-corrected chi connectivity index (χ2v) is 8.27. The quantitative estimate of drug-likeness (QED) is 0.621. The van der Waals surface area contributed by atoms with E-state index in [1.54, 1.807) is 0 Å². The molecule has 0 aliphatic carbocycles. The molecule has 0 aliphatic heterocycles. The van der Waals surface area contributed by atoms with Crippen LogP contribution in [-0.4, -0.2) is 26.8 Å². The molecule has 0 saturated carbocycles. The van der Waals surface area contributed by atoms with Crippen LogP contribution in [0.2, 0.25) is 5.02 Å². The molecule has 1 amide bonds. The molecule has 6 heteroatoms. The standard InChI is InChI=1S/C20H22ClN3OS/c1-13(2)22-19(25)14(3)26-20-23-17-11-16(21)9-10-18(17)24(20)12-15-7-5-4-6-8-15/h4-11,13-14H,12H2,1-3H3,(H,22,25). The van der Waals surface area contributed by atoms with E-state index < -0.39 is 0 Å². The zero-order valence-electron chi connectivity index (χ0n) is 15.1. The molecule has 0 fully saturated rings. The Morgan fingerprint density at radius 2 is 1.92 bits per heavy atom. The number of imidazole rings is 1. The summed E-state index contributed by atoms with van der Waals surface area (Å²) in [4.78, 5) is 17.0. The maximum absolute atomic E-state index is 12.3. The van der Waals surface area contributed by atoms with E-state index in [1.807, 2.05) is 57.2 Å². The van der Waals surface area contributed by atoms with Crippen molar-refractivity contribution in [2.75, 3.05) is 0 Å². The van der Waals surface area contributed by atoms with Crippen molar-refractivity contribution < 1.29 is 4.79 Å². The Hall–Kier alpha value is -1.98. The molecule has 1 N–H and O–H groups in total. The smallest absolute Gasteiger partial charge is 0.233 e. The summed E-state index contributed by atoms with van der Waals surface area (Å²) < 4.78 is 2.14. The number of benzene rings is 2. The minimum Gasteiger partial charge on any atom is -0.353 e. The molecule has 26 heavy (non-hydrogen) atoms. The van der Waals surface area contributed by atoms with Crippen LogP contribution in [0.15, 0.2) is 53.7 Å². The Kier molecular flexibility index (Phi) is 5.89. The second kappa shape index (κ2) is 8.14. The number of halogens is 1. The summed E-state index contributed by atoms with van der Waals surface area (Å²) >= 11 is 7.60. The zero-order chi connectivity index (χ0) is 18.7. The average Bonchev–Trinajstić information content (AvgIpc) is 2.91. The van der Waals surface area contributed by atoms with Crippen LogP contribution in [0.3, 0.4) is 0 Å². The first-order chi connectivity index (χ1) is 12.4. The third-order valence-corrected chi connectivity index (χ3v) is 5.27. The van der Waals surface area contributed by atoms with Gasteiger partial charge in [-0.3, -0.25) is 4.79 Å². The number of carbonyl (C=O) groups excluding carboxylic acids is 1. The van der Waals surface area contributed by atoms with Crippen molar-refractivity contribution in [2.24, 2.45) is 0 Å². The van der Waals surface area contributed by atoms with Crippen LogP contribution in [0.4, 0.5) is 0 Å². The number of carbonyl (C=O) groups is 1. The second-order valence-electron chi connectivity index (χ2n) is 6.52. The van der Waals surface area contributed by atoms with Gasteiger partial charge in [0.05, 0.1) is 22.8 Å². The fourth-order valence-corrected chi connectivity index (χ4v) is 3.80. The highest BCUT2D eigenvalue weighted by atomic mass is 35.5. The van der Waals surface area contributed by atoms with E-state index >= 15 is 0 Å². The summed E-state index contributed by atoms with van der Waals surface area (Å²) in [7, 11) is 0. The number of hydrogen-bond donors (Lipinski definition) is 1. The molecular weight excluding hydrogens is 366 g/mol. The van der Waals surface area contributed by atoms with E-state index in [9.17, 15) is 4.79 Å². The van der Waals surface area contributed by atoms with Gasteiger partial charge in [-0.15, -0.1) is 0 Å². The number of amides is 1. The fraction of sp³-hybridized carbons (Fsp3) is 0.300. The van der Waals surface area contributed by atoms with Crippen LogP contribution >= 0.6 is 23.4 Å². The molecule has 1 unspecified atom stereocenters. The van der Waals surface area contributed by atoms with Gasteiger partial charge in [-0.25, -0.2) is 4.98 Å². The molecule has 4 nitrogen and oxygen atoms in total. The molecule has 0 spiro atoms. The lowest BCUT2D eigenvalue weighted by atomic mass is 10.2. The SMILES string of the molecule is CC(C)NC(=O)C(C)Sc1nc2cc(Cl)ccc2n1Cc1ccccc1. The van der Waals surface area contributed by atoms with Crippen LogP contribution in [-0.2, 0) is 11.3 Å². The molecule has 1 atom stereocenters. The summed E-state index contributed by atoms with van der Waals surface area (Å²) in [5.74, 6) is 0.0151. The third-order valence-electron chi connectivity index (χ3n) is 3.94. The lowest BCUT2D eigenvalue weighted by Crippen LogP contribution is -2.36. The molecule has 1 aromatic heterocycles. The van der Waals surface area contributed by atoms with Crippen molar-refractivity contribution in [1.29, 1.82) is 0 Å².